The zero-order chi connectivity index (χ0) is 18.3. The summed E-state index contributed by atoms with van der Waals surface area (Å²) in [6.07, 6.45) is 6.94. The number of carbonyl (C=O) groups is 1. The molecule has 0 radical (unpaired) electrons. The van der Waals surface area contributed by atoms with Gasteiger partial charge in [0.25, 0.3) is 0 Å². The molecule has 138 valence electrons. The van der Waals surface area contributed by atoms with Crippen LogP contribution in [0, 0.1) is 0 Å². The lowest BCUT2D eigenvalue weighted by Crippen LogP contribution is -2.39. The van der Waals surface area contributed by atoms with Gasteiger partial charge in [-0.25, -0.2) is 14.8 Å². The summed E-state index contributed by atoms with van der Waals surface area (Å²) in [6.45, 7) is -0.109. The highest BCUT2D eigenvalue weighted by molar-refractivity contribution is 6.01. The monoisotopic (exact) mass is 357 g/mol. The Labute approximate surface area is 150 Å². The van der Waals surface area contributed by atoms with E-state index < -0.39 is 0 Å². The molecular formula is C18H23N5O3. The van der Waals surface area contributed by atoms with Gasteiger partial charge in [0.2, 0.25) is 0 Å². The zero-order valence-electron chi connectivity index (χ0n) is 15.0. The van der Waals surface area contributed by atoms with Crippen LogP contribution in [0.1, 0.15) is 37.5 Å². The van der Waals surface area contributed by atoms with Crippen molar-refractivity contribution < 1.29 is 14.6 Å². The Balaban J connectivity index is 1.67. The van der Waals surface area contributed by atoms with Gasteiger partial charge in [-0.1, -0.05) is 0 Å². The Morgan fingerprint density at radius 3 is 2.88 bits per heavy atom. The molecule has 1 fully saturated rings. The molecule has 26 heavy (non-hydrogen) atoms. The van der Waals surface area contributed by atoms with Crippen molar-refractivity contribution in [1.29, 1.82) is 0 Å². The summed E-state index contributed by atoms with van der Waals surface area (Å²) in [5, 5.41) is 10.9. The number of nitrogens with one attached hydrogen (secondary N) is 1. The lowest BCUT2D eigenvalue weighted by atomic mass is 9.90. The lowest BCUT2D eigenvalue weighted by Gasteiger charge is -2.35. The maximum absolute atomic E-state index is 11.8. The summed E-state index contributed by atoms with van der Waals surface area (Å²) in [7, 11) is 3.20. The van der Waals surface area contributed by atoms with E-state index in [0.717, 1.165) is 47.8 Å². The van der Waals surface area contributed by atoms with Crippen LogP contribution in [0.2, 0.25) is 0 Å². The number of hydrogen-bond donors (Lipinski definition) is 2. The number of amides is 1. The number of ether oxygens (including phenoxy) is 1. The molecule has 0 aliphatic heterocycles. The summed E-state index contributed by atoms with van der Waals surface area (Å²) < 4.78 is 6.99. The number of H-pyrrole nitrogens is 1. The number of aromatic amines is 1. The molecule has 1 aliphatic rings. The molecule has 0 atom stereocenters. The van der Waals surface area contributed by atoms with Crippen molar-refractivity contribution in [2.75, 3.05) is 14.2 Å². The Hall–Kier alpha value is -2.61. The van der Waals surface area contributed by atoms with Gasteiger partial charge in [-0.15, -0.1) is 0 Å². The van der Waals surface area contributed by atoms with Crippen molar-refractivity contribution in [3.8, 4) is 0 Å². The van der Waals surface area contributed by atoms with Gasteiger partial charge in [-0.3, -0.25) is 0 Å². The fraction of sp³-hybridized carbons (Fsp3) is 0.500. The molecule has 3 heterocycles. The first-order valence-electron chi connectivity index (χ1n) is 8.88. The van der Waals surface area contributed by atoms with Crippen molar-refractivity contribution in [1.82, 2.24) is 24.4 Å². The number of rotatable bonds is 3. The molecule has 3 aromatic rings. The first-order valence-corrected chi connectivity index (χ1v) is 8.88. The Morgan fingerprint density at radius 1 is 1.42 bits per heavy atom. The van der Waals surface area contributed by atoms with Crippen LogP contribution in [0.4, 0.5) is 4.79 Å². The van der Waals surface area contributed by atoms with Crippen molar-refractivity contribution >= 4 is 28.2 Å². The SMILES string of the molecule is COC(=O)N(C)[C@H]1CC[C@H](n2c(CO)nc3cnc4[nH]ccc4c32)CC1. The van der Waals surface area contributed by atoms with Crippen molar-refractivity contribution in [3.63, 3.8) is 0 Å². The first kappa shape index (κ1) is 16.8. The predicted molar refractivity (Wildman–Crippen MR) is 96.8 cm³/mol. The average Bonchev–Trinajstić information content (AvgIpc) is 3.30. The van der Waals surface area contributed by atoms with Crippen molar-refractivity contribution in [2.45, 2.75) is 44.4 Å². The van der Waals surface area contributed by atoms with Gasteiger partial charge in [0.05, 0.1) is 18.8 Å². The van der Waals surface area contributed by atoms with E-state index in [4.69, 9.17) is 4.74 Å². The normalized spacial score (nSPS) is 20.6. The lowest BCUT2D eigenvalue weighted by molar-refractivity contribution is 0.102. The molecule has 4 rings (SSSR count). The van der Waals surface area contributed by atoms with E-state index in [9.17, 15) is 9.90 Å². The number of hydrogen-bond acceptors (Lipinski definition) is 5. The smallest absolute Gasteiger partial charge is 0.409 e. The predicted octanol–water partition coefficient (Wildman–Crippen LogP) is 2.59. The van der Waals surface area contributed by atoms with Gasteiger partial charge in [0, 0.05) is 30.7 Å². The topological polar surface area (TPSA) is 96.3 Å². The van der Waals surface area contributed by atoms with E-state index in [2.05, 4.69) is 19.5 Å². The summed E-state index contributed by atoms with van der Waals surface area (Å²) in [6, 6.07) is 2.42. The highest BCUT2D eigenvalue weighted by atomic mass is 16.5. The maximum Gasteiger partial charge on any atom is 0.409 e. The third kappa shape index (κ3) is 2.61. The first-order chi connectivity index (χ1) is 12.6. The number of aliphatic hydroxyl groups is 1. The molecule has 3 aromatic heterocycles. The van der Waals surface area contributed by atoms with Crippen LogP contribution < -0.4 is 0 Å². The summed E-state index contributed by atoms with van der Waals surface area (Å²) in [4.78, 5) is 25.6. The standard InChI is InChI=1S/C18H23N5O3/c1-22(18(25)26-2)11-3-5-12(6-4-11)23-15(10-24)21-14-9-20-17-13(16(14)23)7-8-19-17/h7-9,11-12,24H,3-6,10H2,1-2H3,(H,19,20)/t11-,12-. The molecular weight excluding hydrogens is 334 g/mol. The summed E-state index contributed by atoms with van der Waals surface area (Å²) in [5.41, 5.74) is 2.64. The highest BCUT2D eigenvalue weighted by Gasteiger charge is 2.30. The fourth-order valence-corrected chi connectivity index (χ4v) is 4.14. The second kappa shape index (κ2) is 6.60. The van der Waals surface area contributed by atoms with E-state index in [1.165, 1.54) is 7.11 Å². The third-order valence-electron chi connectivity index (χ3n) is 5.49. The van der Waals surface area contributed by atoms with E-state index in [-0.39, 0.29) is 24.8 Å². The fourth-order valence-electron chi connectivity index (χ4n) is 4.14. The number of carbonyl (C=O) groups excluding carboxylic acids is 1. The van der Waals surface area contributed by atoms with Gasteiger partial charge in [-0.05, 0) is 31.7 Å². The molecule has 2 N–H and O–H groups in total. The maximum atomic E-state index is 11.8. The number of nitrogens with zero attached hydrogens (tertiary/aromatic N) is 4. The van der Waals surface area contributed by atoms with Gasteiger partial charge in [-0.2, -0.15) is 0 Å². The van der Waals surface area contributed by atoms with E-state index in [0.29, 0.717) is 5.82 Å². The van der Waals surface area contributed by atoms with Crippen molar-refractivity contribution in [3.05, 3.63) is 24.3 Å². The zero-order valence-corrected chi connectivity index (χ0v) is 15.0. The largest absolute Gasteiger partial charge is 0.453 e. The molecule has 1 amide bonds. The molecule has 8 nitrogen and oxygen atoms in total. The Kier molecular flexibility index (Phi) is 4.28. The highest BCUT2D eigenvalue weighted by Crippen LogP contribution is 2.36. The van der Waals surface area contributed by atoms with Crippen LogP contribution in [0.5, 0.6) is 0 Å². The molecule has 1 aliphatic carbocycles. The Morgan fingerprint density at radius 2 is 2.19 bits per heavy atom. The van der Waals surface area contributed by atoms with E-state index in [1.807, 2.05) is 12.3 Å². The van der Waals surface area contributed by atoms with E-state index >= 15 is 0 Å². The summed E-state index contributed by atoms with van der Waals surface area (Å²) >= 11 is 0. The summed E-state index contributed by atoms with van der Waals surface area (Å²) in [5.74, 6) is 0.667. The molecule has 0 aromatic carbocycles. The van der Waals surface area contributed by atoms with Gasteiger partial charge < -0.3 is 24.3 Å². The number of aromatic nitrogens is 4. The quantitative estimate of drug-likeness (QED) is 0.751. The number of imidazole rings is 1. The van der Waals surface area contributed by atoms with Crippen LogP contribution in [0.25, 0.3) is 22.1 Å². The van der Waals surface area contributed by atoms with Crippen molar-refractivity contribution in [2.24, 2.45) is 0 Å². The third-order valence-corrected chi connectivity index (χ3v) is 5.49. The van der Waals surface area contributed by atoms with Crippen LogP contribution in [-0.4, -0.2) is 55.8 Å². The van der Waals surface area contributed by atoms with Crippen LogP contribution in [0.15, 0.2) is 18.5 Å². The van der Waals surface area contributed by atoms with Crippen LogP contribution >= 0.6 is 0 Å². The molecule has 0 saturated heterocycles. The second-order valence-electron chi connectivity index (χ2n) is 6.83. The number of fused-ring (bicyclic) bond motifs is 3. The second-order valence-corrected chi connectivity index (χ2v) is 6.83. The van der Waals surface area contributed by atoms with Gasteiger partial charge in [0.1, 0.15) is 23.6 Å². The van der Waals surface area contributed by atoms with E-state index in [1.54, 1.807) is 18.1 Å². The minimum atomic E-state index is -0.294. The van der Waals surface area contributed by atoms with Gasteiger partial charge in [0.15, 0.2) is 0 Å². The Bertz CT molecular complexity index is 939. The molecule has 0 spiro atoms. The molecule has 0 bridgehead atoms. The minimum Gasteiger partial charge on any atom is -0.453 e. The number of pyridine rings is 1. The minimum absolute atomic E-state index is 0.109. The van der Waals surface area contributed by atoms with Crippen LogP contribution in [-0.2, 0) is 11.3 Å². The van der Waals surface area contributed by atoms with Crippen LogP contribution in [0.3, 0.4) is 0 Å². The van der Waals surface area contributed by atoms with Gasteiger partial charge >= 0.3 is 6.09 Å². The number of aliphatic hydroxyl groups excluding tert-OH is 1. The average molecular weight is 357 g/mol. The molecule has 1 saturated carbocycles. The molecule has 8 heteroatoms. The molecule has 0 unspecified atom stereocenters. The number of methoxy groups -OCH3 is 1.